The van der Waals surface area contributed by atoms with Crippen LogP contribution in [-0.4, -0.2) is 63.1 Å². The van der Waals surface area contributed by atoms with Crippen molar-refractivity contribution in [3.8, 4) is 0 Å². The van der Waals surface area contributed by atoms with E-state index in [1.54, 1.807) is 31.3 Å². The minimum atomic E-state index is -4.56. The van der Waals surface area contributed by atoms with Crippen LogP contribution < -0.4 is 0 Å². The van der Waals surface area contributed by atoms with Crippen molar-refractivity contribution < 1.29 is 27.2 Å². The second-order valence-corrected chi connectivity index (χ2v) is 10.5. The maximum Gasteiger partial charge on any atom is 0.416 e. The number of thioether (sulfide) groups is 1. The van der Waals surface area contributed by atoms with Gasteiger partial charge in [-0.25, -0.2) is 4.39 Å². The summed E-state index contributed by atoms with van der Waals surface area (Å²) in [5.41, 5.74) is 0.413. The van der Waals surface area contributed by atoms with Crippen molar-refractivity contribution >= 4 is 51.5 Å². The van der Waals surface area contributed by atoms with E-state index in [-0.39, 0.29) is 28.6 Å². The first-order chi connectivity index (χ1) is 17.5. The smallest absolute Gasteiger partial charge is 0.303 e. The molecule has 0 saturated carbocycles. The maximum atomic E-state index is 14.6. The average molecular weight is 553 g/mol. The van der Waals surface area contributed by atoms with Gasteiger partial charge < -0.3 is 4.90 Å². The molecule has 2 aromatic carbocycles. The number of rotatable bonds is 4. The Hall–Kier alpha value is -2.89. The minimum Gasteiger partial charge on any atom is -0.303 e. The molecule has 37 heavy (non-hydrogen) atoms. The Morgan fingerprint density at radius 1 is 1.19 bits per heavy atom. The lowest BCUT2D eigenvalue weighted by molar-refractivity contribution is -0.138. The predicted octanol–water partition coefficient (Wildman–Crippen LogP) is 5.84. The SMILES string of the molecule is CN1CC[C@@H](N2C(=O)SC(=Cc3ccc4c(cnn4Cc4ccc(Cl)cc4C(F)(F)F)c3)C2=O)[C@@H](F)C1. The summed E-state index contributed by atoms with van der Waals surface area (Å²) in [6.07, 6.45) is -2.42. The standard InChI is InChI=1S/C25H21ClF4N4O2S/c1-32-7-6-21(19(27)13-32)34-23(35)22(37-24(34)36)9-14-2-5-20-16(8-14)11-31-33(20)12-15-3-4-17(26)10-18(15)25(28,29)30/h2-5,8-11,19,21H,6-7,12-13H2,1H3/t19-,21+/m0/s1. The quantitative estimate of drug-likeness (QED) is 0.301. The number of fused-ring (bicyclic) bond motifs is 1. The number of carbonyl (C=O) groups is 2. The Kier molecular flexibility index (Phi) is 6.80. The molecular weight excluding hydrogens is 532 g/mol. The summed E-state index contributed by atoms with van der Waals surface area (Å²) in [5, 5.41) is 4.39. The van der Waals surface area contributed by atoms with Crippen LogP contribution in [0.5, 0.6) is 0 Å². The van der Waals surface area contributed by atoms with E-state index in [2.05, 4.69) is 5.10 Å². The molecule has 0 aliphatic carbocycles. The molecular formula is C25H21ClF4N4O2S. The Labute approximate surface area is 218 Å². The van der Waals surface area contributed by atoms with Crippen LogP contribution in [0.4, 0.5) is 22.4 Å². The van der Waals surface area contributed by atoms with Crippen LogP contribution in [-0.2, 0) is 17.5 Å². The molecule has 2 amide bonds. The molecule has 6 nitrogen and oxygen atoms in total. The van der Waals surface area contributed by atoms with Gasteiger partial charge in [0.25, 0.3) is 11.1 Å². The molecule has 0 radical (unpaired) electrons. The van der Waals surface area contributed by atoms with Crippen molar-refractivity contribution in [2.75, 3.05) is 20.1 Å². The maximum absolute atomic E-state index is 14.6. The van der Waals surface area contributed by atoms with Crippen LogP contribution in [0.25, 0.3) is 17.0 Å². The zero-order valence-corrected chi connectivity index (χ0v) is 21.1. The van der Waals surface area contributed by atoms with Crippen molar-refractivity contribution in [3.05, 3.63) is 69.2 Å². The molecule has 5 rings (SSSR count). The van der Waals surface area contributed by atoms with Gasteiger partial charge in [0, 0.05) is 23.5 Å². The van der Waals surface area contributed by atoms with Crippen LogP contribution >= 0.6 is 23.4 Å². The molecule has 2 aliphatic rings. The van der Waals surface area contributed by atoms with Gasteiger partial charge in [-0.15, -0.1) is 0 Å². The summed E-state index contributed by atoms with van der Waals surface area (Å²) in [5.74, 6) is -0.523. The van der Waals surface area contributed by atoms with E-state index in [4.69, 9.17) is 11.6 Å². The molecule has 2 saturated heterocycles. The number of nitrogens with zero attached hydrogens (tertiary/aromatic N) is 4. The number of alkyl halides is 4. The molecule has 1 aromatic heterocycles. The van der Waals surface area contributed by atoms with Gasteiger partial charge in [-0.3, -0.25) is 19.2 Å². The molecule has 3 aromatic rings. The zero-order valence-electron chi connectivity index (χ0n) is 19.5. The van der Waals surface area contributed by atoms with Crippen molar-refractivity contribution in [1.29, 1.82) is 0 Å². The number of hydrogen-bond acceptors (Lipinski definition) is 5. The summed E-state index contributed by atoms with van der Waals surface area (Å²) < 4.78 is 56.5. The molecule has 2 fully saturated rings. The summed E-state index contributed by atoms with van der Waals surface area (Å²) in [6, 6.07) is 7.95. The van der Waals surface area contributed by atoms with Crippen molar-refractivity contribution in [2.24, 2.45) is 0 Å². The number of halogens is 5. The number of piperidine rings is 1. The van der Waals surface area contributed by atoms with Crippen LogP contribution in [0.3, 0.4) is 0 Å². The van der Waals surface area contributed by atoms with E-state index in [1.165, 1.54) is 23.0 Å². The van der Waals surface area contributed by atoms with Gasteiger partial charge >= 0.3 is 6.18 Å². The molecule has 3 heterocycles. The number of likely N-dealkylation sites (tertiary alicyclic amines) is 1. The lowest BCUT2D eigenvalue weighted by Gasteiger charge is -2.36. The molecule has 0 spiro atoms. The number of aromatic nitrogens is 2. The van der Waals surface area contributed by atoms with Gasteiger partial charge in [0.05, 0.1) is 34.8 Å². The largest absolute Gasteiger partial charge is 0.416 e. The molecule has 0 bridgehead atoms. The van der Waals surface area contributed by atoms with Crippen molar-refractivity contribution in [2.45, 2.75) is 31.4 Å². The first kappa shape index (κ1) is 25.7. The topological polar surface area (TPSA) is 58.4 Å². The third kappa shape index (κ3) is 5.12. The summed E-state index contributed by atoms with van der Waals surface area (Å²) >= 11 is 6.54. The van der Waals surface area contributed by atoms with Gasteiger partial charge in [0.2, 0.25) is 0 Å². The Morgan fingerprint density at radius 3 is 2.70 bits per heavy atom. The van der Waals surface area contributed by atoms with E-state index < -0.39 is 35.1 Å². The average Bonchev–Trinajstić information content (AvgIpc) is 3.34. The number of hydrogen-bond donors (Lipinski definition) is 0. The number of amides is 2. The minimum absolute atomic E-state index is 0.00619. The zero-order chi connectivity index (χ0) is 26.5. The summed E-state index contributed by atoms with van der Waals surface area (Å²) in [4.78, 5) is 28.6. The predicted molar refractivity (Wildman–Crippen MR) is 134 cm³/mol. The fourth-order valence-corrected chi connectivity index (χ4v) is 5.74. The van der Waals surface area contributed by atoms with E-state index in [0.29, 0.717) is 29.4 Å². The van der Waals surface area contributed by atoms with Crippen LogP contribution in [0.2, 0.25) is 5.02 Å². The number of carbonyl (C=O) groups excluding carboxylic acids is 2. The Morgan fingerprint density at radius 2 is 1.97 bits per heavy atom. The monoisotopic (exact) mass is 552 g/mol. The van der Waals surface area contributed by atoms with E-state index >= 15 is 0 Å². The third-order valence-electron chi connectivity index (χ3n) is 6.53. The van der Waals surface area contributed by atoms with E-state index in [0.717, 1.165) is 22.7 Å². The number of imide groups is 1. The van der Waals surface area contributed by atoms with Gasteiger partial charge in [0.15, 0.2) is 0 Å². The fourth-order valence-electron chi connectivity index (χ4n) is 4.69. The highest BCUT2D eigenvalue weighted by Crippen LogP contribution is 2.37. The molecule has 12 heteroatoms. The van der Waals surface area contributed by atoms with Gasteiger partial charge in [-0.05, 0) is 66.7 Å². The van der Waals surface area contributed by atoms with E-state index in [1.807, 2.05) is 4.90 Å². The van der Waals surface area contributed by atoms with Crippen LogP contribution in [0, 0.1) is 0 Å². The lowest BCUT2D eigenvalue weighted by atomic mass is 10.0. The highest BCUT2D eigenvalue weighted by molar-refractivity contribution is 8.18. The normalized spacial score (nSPS) is 22.5. The molecule has 194 valence electrons. The molecule has 0 N–H and O–H groups in total. The second-order valence-electron chi connectivity index (χ2n) is 9.11. The molecule has 2 atom stereocenters. The van der Waals surface area contributed by atoms with Crippen LogP contribution in [0.1, 0.15) is 23.1 Å². The van der Waals surface area contributed by atoms with Crippen molar-refractivity contribution in [3.63, 3.8) is 0 Å². The van der Waals surface area contributed by atoms with E-state index in [9.17, 15) is 27.2 Å². The summed E-state index contributed by atoms with van der Waals surface area (Å²) in [7, 11) is 1.79. The first-order valence-electron chi connectivity index (χ1n) is 11.4. The Bertz CT molecular complexity index is 1420. The Balaban J connectivity index is 1.39. The lowest BCUT2D eigenvalue weighted by Crippen LogP contribution is -2.52. The highest BCUT2D eigenvalue weighted by Gasteiger charge is 2.44. The van der Waals surface area contributed by atoms with Gasteiger partial charge in [0.1, 0.15) is 6.17 Å². The van der Waals surface area contributed by atoms with Gasteiger partial charge in [-0.2, -0.15) is 18.3 Å². The number of benzene rings is 2. The highest BCUT2D eigenvalue weighted by atomic mass is 35.5. The summed E-state index contributed by atoms with van der Waals surface area (Å²) in [6.45, 7) is 0.633. The second kappa shape index (κ2) is 9.77. The third-order valence-corrected chi connectivity index (χ3v) is 7.65. The van der Waals surface area contributed by atoms with Gasteiger partial charge in [-0.1, -0.05) is 23.7 Å². The molecule has 0 unspecified atom stereocenters. The fraction of sp³-hybridized carbons (Fsp3) is 0.320. The molecule has 2 aliphatic heterocycles. The van der Waals surface area contributed by atoms with Crippen LogP contribution in [0.15, 0.2) is 47.5 Å². The first-order valence-corrected chi connectivity index (χ1v) is 12.6. The van der Waals surface area contributed by atoms with Crippen molar-refractivity contribution in [1.82, 2.24) is 19.6 Å².